The van der Waals surface area contributed by atoms with E-state index in [2.05, 4.69) is 40.8 Å². The fourth-order valence-electron chi connectivity index (χ4n) is 13.5. The molecule has 4 saturated carbocycles. The number of β-amino-alcohol motifs (C(OH)–C–C–N with tert-alkyl or cyclic N) is 1. The van der Waals surface area contributed by atoms with Crippen LogP contribution >= 0.6 is 22.7 Å². The molecular weight excluding hydrogens is 1120 g/mol. The normalized spacial score (nSPS) is 21.8. The monoisotopic (exact) mass is 1200 g/mol. The summed E-state index contributed by atoms with van der Waals surface area (Å²) in [5.74, 6) is 0.351. The summed E-state index contributed by atoms with van der Waals surface area (Å²) in [5, 5.41) is 34.5. The van der Waals surface area contributed by atoms with Crippen molar-refractivity contribution in [1.29, 1.82) is 0 Å². The minimum atomic E-state index is -4.38. The van der Waals surface area contributed by atoms with Crippen molar-refractivity contribution in [2.45, 2.75) is 137 Å². The first-order valence-electron chi connectivity index (χ1n) is 28.9. The van der Waals surface area contributed by atoms with Gasteiger partial charge < -0.3 is 30.9 Å². The van der Waals surface area contributed by atoms with Crippen molar-refractivity contribution in [3.8, 4) is 21.6 Å². The third-order valence-electron chi connectivity index (χ3n) is 17.4. The summed E-state index contributed by atoms with van der Waals surface area (Å²) in [6, 6.07) is 18.5. The zero-order chi connectivity index (χ0) is 59.4. The number of likely N-dealkylation sites (tertiary alicyclic amines) is 1. The molecule has 7 aromatic rings. The first-order chi connectivity index (χ1) is 40.0. The molecule has 12 rings (SSSR count). The Balaban J connectivity index is 0.765. The van der Waals surface area contributed by atoms with E-state index in [-0.39, 0.29) is 36.9 Å². The molecule has 5 aromatic heterocycles. The van der Waals surface area contributed by atoms with E-state index < -0.39 is 69.0 Å². The summed E-state index contributed by atoms with van der Waals surface area (Å²) in [5.41, 5.74) is 7.32. The third-order valence-corrected chi connectivity index (χ3v) is 20.7. The van der Waals surface area contributed by atoms with Crippen molar-refractivity contribution < 1.29 is 32.7 Å². The highest BCUT2D eigenvalue weighted by molar-refractivity contribution is 7.90. The minimum Gasteiger partial charge on any atom is -0.391 e. The Morgan fingerprint density at radius 3 is 2.26 bits per heavy atom. The van der Waals surface area contributed by atoms with Crippen LogP contribution < -0.4 is 25.6 Å². The smallest absolute Gasteiger partial charge is 0.284 e. The number of para-hydroxylation sites is 1. The molecule has 1 saturated heterocycles. The minimum absolute atomic E-state index is 0.0122. The van der Waals surface area contributed by atoms with Crippen molar-refractivity contribution in [1.82, 2.24) is 55.2 Å². The third kappa shape index (κ3) is 12.5. The number of rotatable bonds is 19. The lowest BCUT2D eigenvalue weighted by atomic mass is 9.49. The van der Waals surface area contributed by atoms with Crippen molar-refractivity contribution >= 4 is 89.1 Å². The van der Waals surface area contributed by atoms with Crippen LogP contribution in [0.3, 0.4) is 0 Å². The number of aliphatic hydroxyl groups excluding tert-OH is 1. The van der Waals surface area contributed by atoms with Crippen LogP contribution in [0.2, 0.25) is 0 Å². The van der Waals surface area contributed by atoms with Crippen molar-refractivity contribution in [3.05, 3.63) is 107 Å². The first-order valence-corrected chi connectivity index (χ1v) is 32.2. The predicted molar refractivity (Wildman–Crippen MR) is 325 cm³/mol. The molecule has 0 spiro atoms. The second kappa shape index (κ2) is 23.3. The Bertz CT molecular complexity index is 3690. The molecule has 84 heavy (non-hydrogen) atoms. The molecule has 0 unspecified atom stereocenters. The molecule has 6 heterocycles. The lowest BCUT2D eigenvalue weighted by Crippen LogP contribution is -2.57. The number of amides is 4. The highest BCUT2D eigenvalue weighted by atomic mass is 32.2. The van der Waals surface area contributed by atoms with Crippen LogP contribution in [-0.2, 0) is 31.0 Å². The fraction of sp³-hybridized carbons (Fsp3) is 0.475. The molecule has 4 bridgehead atoms. The Labute approximate surface area is 497 Å². The van der Waals surface area contributed by atoms with Gasteiger partial charge in [-0.15, -0.1) is 21.5 Å². The van der Waals surface area contributed by atoms with Crippen LogP contribution in [0.1, 0.15) is 125 Å². The SMILES string of the molecule is Cc1cc(N(C)c2ccc(-c3cnn(CC45CC6CC(CC(C6)C4)C5)c3C)c(C(=O)NS(=O)(=O)CCCC(=O)N[C@H](C(=O)N3C[C@H](O)C[C@H]3C(=O)N[C@@H](C)c3ccc(-c4scnc4C)cc3)C(C)(C)C)n2)nnc1Nc1nc2ccccc2s1. The Morgan fingerprint density at radius 2 is 1.60 bits per heavy atom. The lowest BCUT2D eigenvalue weighted by Gasteiger charge is -2.56. The van der Waals surface area contributed by atoms with Crippen LogP contribution in [-0.4, -0.2) is 115 Å². The molecule has 2 aromatic carbocycles. The fourth-order valence-corrected chi connectivity index (χ4v) is 16.2. The van der Waals surface area contributed by atoms with Crippen LogP contribution in [0.25, 0.3) is 31.8 Å². The highest BCUT2D eigenvalue weighted by Crippen LogP contribution is 2.60. The number of nitrogens with zero attached hydrogens (tertiary/aromatic N) is 9. The van der Waals surface area contributed by atoms with Gasteiger partial charge in [0, 0.05) is 49.8 Å². The van der Waals surface area contributed by atoms with E-state index in [1.165, 1.54) is 54.8 Å². The average molecular weight is 1200 g/mol. The van der Waals surface area contributed by atoms with Gasteiger partial charge in [-0.2, -0.15) is 5.10 Å². The number of benzene rings is 2. The molecule has 5 aliphatic rings. The zero-order valence-corrected chi connectivity index (χ0v) is 51.1. The molecule has 0 radical (unpaired) electrons. The van der Waals surface area contributed by atoms with Crippen LogP contribution in [0.5, 0.6) is 0 Å². The van der Waals surface area contributed by atoms with E-state index in [0.29, 0.717) is 33.7 Å². The van der Waals surface area contributed by atoms with Gasteiger partial charge in [0.05, 0.1) is 50.4 Å². The maximum absolute atomic E-state index is 14.6. The maximum Gasteiger partial charge on any atom is 0.284 e. The zero-order valence-electron chi connectivity index (χ0n) is 48.7. The van der Waals surface area contributed by atoms with Gasteiger partial charge in [0.2, 0.25) is 27.7 Å². The van der Waals surface area contributed by atoms with E-state index in [1.54, 1.807) is 67.9 Å². The largest absolute Gasteiger partial charge is 0.391 e. The predicted octanol–water partition coefficient (Wildman–Crippen LogP) is 9.33. The van der Waals surface area contributed by atoms with Gasteiger partial charge in [0.25, 0.3) is 5.91 Å². The Hall–Kier alpha value is -7.21. The number of carbonyl (C=O) groups excluding carboxylic acids is 4. The van der Waals surface area contributed by atoms with Crippen LogP contribution in [0.4, 0.5) is 22.6 Å². The Kier molecular flexibility index (Phi) is 16.3. The lowest BCUT2D eigenvalue weighted by molar-refractivity contribution is -0.144. The molecule has 5 N–H and O–H groups in total. The second-order valence-electron chi connectivity index (χ2n) is 24.9. The van der Waals surface area contributed by atoms with Crippen molar-refractivity contribution in [3.63, 3.8) is 0 Å². The summed E-state index contributed by atoms with van der Waals surface area (Å²) >= 11 is 3.05. The van der Waals surface area contributed by atoms with Gasteiger partial charge in [-0.25, -0.2) is 28.1 Å². The van der Waals surface area contributed by atoms with Gasteiger partial charge in [0.15, 0.2) is 16.8 Å². The maximum atomic E-state index is 14.6. The average Bonchev–Trinajstić information content (AvgIpc) is 1.96. The number of pyridine rings is 1. The van der Waals surface area contributed by atoms with Gasteiger partial charge in [-0.1, -0.05) is 68.5 Å². The van der Waals surface area contributed by atoms with Gasteiger partial charge in [0.1, 0.15) is 23.6 Å². The number of anilines is 4. The highest BCUT2D eigenvalue weighted by Gasteiger charge is 2.51. The summed E-state index contributed by atoms with van der Waals surface area (Å²) in [4.78, 5) is 74.5. The van der Waals surface area contributed by atoms with Crippen molar-refractivity contribution in [2.75, 3.05) is 29.6 Å². The molecule has 1 aliphatic heterocycles. The second-order valence-corrected chi connectivity index (χ2v) is 28.7. The van der Waals surface area contributed by atoms with Gasteiger partial charge >= 0.3 is 0 Å². The molecule has 5 fully saturated rings. The summed E-state index contributed by atoms with van der Waals surface area (Å²) in [7, 11) is -2.64. The van der Waals surface area contributed by atoms with E-state index in [1.807, 2.05) is 87.0 Å². The van der Waals surface area contributed by atoms with Crippen LogP contribution in [0, 0.1) is 49.4 Å². The number of thiazole rings is 2. The molecule has 442 valence electrons. The van der Waals surface area contributed by atoms with E-state index in [9.17, 15) is 32.7 Å². The van der Waals surface area contributed by atoms with Crippen molar-refractivity contribution in [2.24, 2.45) is 28.6 Å². The number of sulfonamides is 1. The van der Waals surface area contributed by atoms with E-state index in [4.69, 9.17) is 10.1 Å². The first kappa shape index (κ1) is 58.6. The number of aryl methyl sites for hydroxylation is 2. The quantitative estimate of drug-likeness (QED) is 0.0505. The topological polar surface area (TPSA) is 260 Å². The number of carbonyl (C=O) groups is 4. The number of nitrogens with one attached hydrogen (secondary N) is 4. The molecule has 4 aliphatic carbocycles. The summed E-state index contributed by atoms with van der Waals surface area (Å²) in [6.07, 6.45) is 7.80. The number of fused-ring (bicyclic) bond motifs is 1. The van der Waals surface area contributed by atoms with E-state index >= 15 is 0 Å². The van der Waals surface area contributed by atoms with E-state index in [0.717, 1.165) is 67.5 Å². The number of hydrogen-bond donors (Lipinski definition) is 5. The Morgan fingerprint density at radius 1 is 0.881 bits per heavy atom. The summed E-state index contributed by atoms with van der Waals surface area (Å²) < 4.78 is 33.2. The summed E-state index contributed by atoms with van der Waals surface area (Å²) in [6.45, 7) is 13.7. The molecule has 23 heteroatoms. The molecule has 4 atom stereocenters. The number of aromatic nitrogens is 7. The van der Waals surface area contributed by atoms with Gasteiger partial charge in [-0.3, -0.25) is 23.9 Å². The number of aliphatic hydroxyl groups is 1. The number of hydrogen-bond acceptors (Lipinski definition) is 17. The molecule has 4 amide bonds. The van der Waals surface area contributed by atoms with Crippen LogP contribution in [0.15, 0.2) is 78.4 Å². The van der Waals surface area contributed by atoms with Gasteiger partial charge in [-0.05, 0) is 148 Å². The standard InChI is InChI=1S/C61H73N13O7S3/c1-34-22-50(69-70-55(34)68-59-65-46-12-9-10-13-48(46)83-59)72(8)49-20-19-44(45-30-63-74(37(45)4)32-61-27-38-23-39(28-61)25-40(24-38)29-61)52(66-49)57(78)71-84(80,81)21-11-14-51(76)67-54(60(5,6)7)58(79)73-31-43(75)26-47(73)56(77)64-35(2)41-15-17-42(18-16-41)53-36(3)62-33-82-53/h9-10,12-13,15-20,22,30,33,35,38-40,43,47,54,75H,11,14,21,23-29,31-32H2,1-8H3,(H,64,77)(H,67,76)(H,71,78)(H,65,68,70)/t35-,38?,39?,40?,43+,47-,54+,61?/m0/s1. The molecular formula is C61H73N13O7S3. The molecule has 20 nitrogen and oxygen atoms in total.